The molecule has 1 aromatic heterocycles. The minimum absolute atomic E-state index is 0.0194. The van der Waals surface area contributed by atoms with E-state index in [0.717, 1.165) is 64.1 Å². The molecule has 2 N–H and O–H groups in total. The molecule has 6 heteroatoms. The number of nitrogens with zero attached hydrogens (tertiary/aromatic N) is 3. The number of aliphatic hydroxyl groups is 1. The first-order valence-electron chi connectivity index (χ1n) is 12.1. The van der Waals surface area contributed by atoms with Gasteiger partial charge >= 0.3 is 0 Å². The summed E-state index contributed by atoms with van der Waals surface area (Å²) in [5.41, 5.74) is 2.31. The molecular formula is C26H36N4O2. The van der Waals surface area contributed by atoms with Crippen molar-refractivity contribution in [1.82, 2.24) is 10.3 Å². The Morgan fingerprint density at radius 1 is 0.969 bits per heavy atom. The van der Waals surface area contributed by atoms with Crippen LogP contribution in [0.5, 0.6) is 0 Å². The van der Waals surface area contributed by atoms with Crippen LogP contribution in [0.2, 0.25) is 0 Å². The summed E-state index contributed by atoms with van der Waals surface area (Å²) in [7, 11) is 0. The Labute approximate surface area is 191 Å². The number of carbonyl (C=O) groups is 1. The molecule has 2 fully saturated rings. The molecule has 1 atom stereocenters. The highest BCUT2D eigenvalue weighted by Gasteiger charge is 2.43. The lowest BCUT2D eigenvalue weighted by molar-refractivity contribution is 0.0953. The number of hydrogen-bond donors (Lipinski definition) is 2. The molecule has 1 amide bonds. The van der Waals surface area contributed by atoms with Crippen LogP contribution in [0.1, 0.15) is 55.3 Å². The van der Waals surface area contributed by atoms with Crippen LogP contribution in [-0.2, 0) is 0 Å². The number of unbranched alkanes of at least 4 members (excludes halogenated alkanes) is 4. The molecule has 2 aromatic rings. The summed E-state index contributed by atoms with van der Waals surface area (Å²) in [6.07, 6.45) is 9.22. The lowest BCUT2D eigenvalue weighted by atomic mass is 9.86. The molecule has 0 saturated carbocycles. The smallest absolute Gasteiger partial charge is 0.251 e. The Kier molecular flexibility index (Phi) is 7.63. The number of aliphatic hydroxyl groups excluding tert-OH is 1. The molecule has 1 spiro atoms. The fraction of sp³-hybridized carbons (Fsp3) is 0.538. The third kappa shape index (κ3) is 5.60. The molecule has 3 heterocycles. The van der Waals surface area contributed by atoms with Crippen molar-refractivity contribution in [1.29, 1.82) is 0 Å². The maximum Gasteiger partial charge on any atom is 0.251 e. The molecule has 2 aliphatic rings. The number of hydrogen-bond acceptors (Lipinski definition) is 5. The van der Waals surface area contributed by atoms with Crippen LogP contribution in [0, 0.1) is 5.41 Å². The predicted octanol–water partition coefficient (Wildman–Crippen LogP) is 3.86. The molecule has 4 rings (SSSR count). The van der Waals surface area contributed by atoms with Gasteiger partial charge < -0.3 is 20.2 Å². The van der Waals surface area contributed by atoms with E-state index in [9.17, 15) is 4.79 Å². The highest BCUT2D eigenvalue weighted by atomic mass is 16.2. The second-order valence-corrected chi connectivity index (χ2v) is 9.33. The predicted molar refractivity (Wildman–Crippen MR) is 129 cm³/mol. The summed E-state index contributed by atoms with van der Waals surface area (Å²) in [6.45, 7) is 5.15. The van der Waals surface area contributed by atoms with Gasteiger partial charge in [0.2, 0.25) is 0 Å². The monoisotopic (exact) mass is 436 g/mol. The van der Waals surface area contributed by atoms with Crippen molar-refractivity contribution in [3.05, 3.63) is 54.2 Å². The van der Waals surface area contributed by atoms with Crippen molar-refractivity contribution in [2.45, 2.75) is 44.9 Å². The van der Waals surface area contributed by atoms with E-state index < -0.39 is 0 Å². The Hall–Kier alpha value is -2.60. The largest absolute Gasteiger partial charge is 0.396 e. The molecule has 172 valence electrons. The van der Waals surface area contributed by atoms with Crippen molar-refractivity contribution >= 4 is 17.4 Å². The first-order chi connectivity index (χ1) is 15.7. The Bertz CT molecular complexity index is 875. The van der Waals surface area contributed by atoms with E-state index in [0.29, 0.717) is 17.5 Å². The normalized spacial score (nSPS) is 20.3. The molecule has 2 aliphatic heterocycles. The van der Waals surface area contributed by atoms with E-state index in [1.165, 1.54) is 18.5 Å². The maximum absolute atomic E-state index is 12.6. The van der Waals surface area contributed by atoms with Gasteiger partial charge in [0.15, 0.2) is 0 Å². The van der Waals surface area contributed by atoms with Gasteiger partial charge in [-0.3, -0.25) is 4.79 Å². The maximum atomic E-state index is 12.6. The van der Waals surface area contributed by atoms with E-state index in [1.54, 1.807) is 12.3 Å². The van der Waals surface area contributed by atoms with Crippen LogP contribution in [0.3, 0.4) is 0 Å². The van der Waals surface area contributed by atoms with Gasteiger partial charge in [-0.1, -0.05) is 37.5 Å². The Morgan fingerprint density at radius 2 is 1.69 bits per heavy atom. The van der Waals surface area contributed by atoms with E-state index in [2.05, 4.69) is 50.4 Å². The third-order valence-electron chi connectivity index (χ3n) is 6.95. The SMILES string of the molecule is O=C(NCCCCCCCO)c1ccnc(N2CCC3(CCN(c4ccccc4)C3)C2)c1. The highest BCUT2D eigenvalue weighted by molar-refractivity contribution is 5.94. The number of nitrogens with one attached hydrogen (secondary N) is 1. The Morgan fingerprint density at radius 3 is 2.50 bits per heavy atom. The number of amides is 1. The molecule has 6 nitrogen and oxygen atoms in total. The quantitative estimate of drug-likeness (QED) is 0.554. The van der Waals surface area contributed by atoms with Crippen molar-refractivity contribution in [3.8, 4) is 0 Å². The topological polar surface area (TPSA) is 68.7 Å². The number of aromatic nitrogens is 1. The standard InChI is InChI=1S/C26H36N4O2/c31-18-8-3-1-2-7-14-28-25(32)22-11-15-27-24(19-22)30-17-13-26(21-30)12-16-29(20-26)23-9-5-4-6-10-23/h4-6,9-11,15,19,31H,1-3,7-8,12-14,16-18,20-21H2,(H,28,32). The zero-order valence-corrected chi connectivity index (χ0v) is 19.0. The molecule has 0 aliphatic carbocycles. The van der Waals surface area contributed by atoms with Gasteiger partial charge in [0.05, 0.1) is 0 Å². The number of rotatable bonds is 10. The summed E-state index contributed by atoms with van der Waals surface area (Å²) >= 11 is 0. The molecule has 2 saturated heterocycles. The molecule has 32 heavy (non-hydrogen) atoms. The van der Waals surface area contributed by atoms with Crippen LogP contribution in [0.25, 0.3) is 0 Å². The minimum atomic E-state index is -0.0194. The third-order valence-corrected chi connectivity index (χ3v) is 6.95. The summed E-state index contributed by atoms with van der Waals surface area (Å²) < 4.78 is 0. The summed E-state index contributed by atoms with van der Waals surface area (Å²) in [5.74, 6) is 0.894. The van der Waals surface area contributed by atoms with Gasteiger partial charge in [0.1, 0.15) is 5.82 Å². The zero-order chi connectivity index (χ0) is 22.2. The second-order valence-electron chi connectivity index (χ2n) is 9.33. The average Bonchev–Trinajstić information content (AvgIpc) is 3.46. The van der Waals surface area contributed by atoms with Crippen LogP contribution in [0.15, 0.2) is 48.7 Å². The van der Waals surface area contributed by atoms with Gasteiger partial charge in [-0.05, 0) is 49.9 Å². The number of pyridine rings is 1. The Balaban J connectivity index is 1.28. The zero-order valence-electron chi connectivity index (χ0n) is 19.0. The fourth-order valence-electron chi connectivity index (χ4n) is 5.06. The molecule has 1 aromatic carbocycles. The van der Waals surface area contributed by atoms with Crippen LogP contribution in [-0.4, -0.2) is 55.3 Å². The van der Waals surface area contributed by atoms with Gasteiger partial charge in [0.25, 0.3) is 5.91 Å². The van der Waals surface area contributed by atoms with Crippen LogP contribution >= 0.6 is 0 Å². The van der Waals surface area contributed by atoms with E-state index in [4.69, 9.17) is 5.11 Å². The highest BCUT2D eigenvalue weighted by Crippen LogP contribution is 2.42. The van der Waals surface area contributed by atoms with Gasteiger partial charge in [-0.15, -0.1) is 0 Å². The number of benzene rings is 1. The molecule has 1 unspecified atom stereocenters. The summed E-state index contributed by atoms with van der Waals surface area (Å²) in [6, 6.07) is 14.4. The first-order valence-corrected chi connectivity index (χ1v) is 12.1. The van der Waals surface area contributed by atoms with Crippen molar-refractivity contribution < 1.29 is 9.90 Å². The second kappa shape index (κ2) is 10.8. The van der Waals surface area contributed by atoms with Gasteiger partial charge in [0, 0.05) is 62.2 Å². The summed E-state index contributed by atoms with van der Waals surface area (Å²) in [5, 5.41) is 11.9. The van der Waals surface area contributed by atoms with E-state index in [1.807, 2.05) is 6.07 Å². The van der Waals surface area contributed by atoms with E-state index >= 15 is 0 Å². The van der Waals surface area contributed by atoms with Crippen molar-refractivity contribution in [2.24, 2.45) is 5.41 Å². The molecule has 0 bridgehead atoms. The van der Waals surface area contributed by atoms with Gasteiger partial charge in [-0.2, -0.15) is 0 Å². The molecule has 0 radical (unpaired) electrons. The van der Waals surface area contributed by atoms with Gasteiger partial charge in [-0.25, -0.2) is 4.98 Å². The van der Waals surface area contributed by atoms with E-state index in [-0.39, 0.29) is 12.5 Å². The number of para-hydroxylation sites is 1. The lowest BCUT2D eigenvalue weighted by Gasteiger charge is -2.26. The number of carbonyl (C=O) groups excluding carboxylic acids is 1. The lowest BCUT2D eigenvalue weighted by Crippen LogP contribution is -2.31. The van der Waals surface area contributed by atoms with Crippen molar-refractivity contribution in [2.75, 3.05) is 49.1 Å². The summed E-state index contributed by atoms with van der Waals surface area (Å²) in [4.78, 5) is 22.0. The number of anilines is 2. The minimum Gasteiger partial charge on any atom is -0.396 e. The van der Waals surface area contributed by atoms with Crippen molar-refractivity contribution in [3.63, 3.8) is 0 Å². The fourth-order valence-corrected chi connectivity index (χ4v) is 5.06. The first kappa shape index (κ1) is 22.6. The van der Waals surface area contributed by atoms with Crippen LogP contribution < -0.4 is 15.1 Å². The average molecular weight is 437 g/mol. The van der Waals surface area contributed by atoms with Crippen LogP contribution in [0.4, 0.5) is 11.5 Å². The molecular weight excluding hydrogens is 400 g/mol.